The first-order valence-electron chi connectivity index (χ1n) is 11.0. The smallest absolute Gasteiger partial charge is 0.257 e. The standard InChI is InChI=1S/C24H25N7O3/c1-25-19-10-15(4-5-20(19)34-18-12-17(13-18)31(2)3)29-24-26-7-6-22(30-24)28-16-11-21-23(27-14-16)33-9-8-32-21/h4-7,10-11,14,17-18H,8-9,12-13H2,2-3H3,(H2,26,28,29,30). The molecular weight excluding hydrogens is 434 g/mol. The molecule has 1 aromatic carbocycles. The number of ether oxygens (including phenoxy) is 3. The Morgan fingerprint density at radius 1 is 1.06 bits per heavy atom. The summed E-state index contributed by atoms with van der Waals surface area (Å²) in [5.41, 5.74) is 1.88. The molecule has 10 nitrogen and oxygen atoms in total. The lowest BCUT2D eigenvalue weighted by atomic mass is 9.88. The van der Waals surface area contributed by atoms with Crippen molar-refractivity contribution in [3.05, 3.63) is 54.1 Å². The van der Waals surface area contributed by atoms with Crippen LogP contribution in [0.15, 0.2) is 42.7 Å². The molecule has 1 aliphatic carbocycles. The van der Waals surface area contributed by atoms with E-state index in [2.05, 4.69) is 49.4 Å². The van der Waals surface area contributed by atoms with Crippen molar-refractivity contribution in [1.29, 1.82) is 0 Å². The predicted molar refractivity (Wildman–Crippen MR) is 128 cm³/mol. The summed E-state index contributed by atoms with van der Waals surface area (Å²) in [6, 6.07) is 9.54. The molecule has 2 N–H and O–H groups in total. The molecule has 0 bridgehead atoms. The van der Waals surface area contributed by atoms with Gasteiger partial charge >= 0.3 is 0 Å². The molecule has 174 valence electrons. The summed E-state index contributed by atoms with van der Waals surface area (Å²) in [5.74, 6) is 2.66. The van der Waals surface area contributed by atoms with E-state index in [1.807, 2.05) is 18.2 Å². The fourth-order valence-electron chi connectivity index (χ4n) is 3.79. The number of nitrogens with one attached hydrogen (secondary N) is 2. The van der Waals surface area contributed by atoms with Crippen LogP contribution in [0.3, 0.4) is 0 Å². The van der Waals surface area contributed by atoms with Crippen molar-refractivity contribution < 1.29 is 14.2 Å². The first-order chi connectivity index (χ1) is 16.6. The van der Waals surface area contributed by atoms with E-state index in [0.29, 0.717) is 59.8 Å². The Bertz CT molecular complexity index is 1220. The zero-order valence-electron chi connectivity index (χ0n) is 19.0. The van der Waals surface area contributed by atoms with Gasteiger partial charge in [-0.2, -0.15) is 4.98 Å². The van der Waals surface area contributed by atoms with Gasteiger partial charge in [0.2, 0.25) is 11.6 Å². The van der Waals surface area contributed by atoms with Crippen LogP contribution in [-0.2, 0) is 0 Å². The third-order valence-electron chi connectivity index (χ3n) is 5.76. The van der Waals surface area contributed by atoms with Gasteiger partial charge < -0.3 is 29.7 Å². The van der Waals surface area contributed by atoms with Crippen LogP contribution < -0.4 is 24.8 Å². The second-order valence-electron chi connectivity index (χ2n) is 8.36. The van der Waals surface area contributed by atoms with Gasteiger partial charge in [-0.05, 0) is 51.2 Å². The molecule has 3 aromatic rings. The van der Waals surface area contributed by atoms with Crippen molar-refractivity contribution in [1.82, 2.24) is 19.9 Å². The highest BCUT2D eigenvalue weighted by Gasteiger charge is 2.32. The number of nitrogens with zero attached hydrogens (tertiary/aromatic N) is 5. The Hall–Kier alpha value is -4.10. The van der Waals surface area contributed by atoms with Crippen LogP contribution in [-0.4, -0.2) is 59.3 Å². The lowest BCUT2D eigenvalue weighted by molar-refractivity contribution is 0.0407. The fourth-order valence-corrected chi connectivity index (χ4v) is 3.79. The monoisotopic (exact) mass is 459 g/mol. The Kier molecular flexibility index (Phi) is 6.01. The second kappa shape index (κ2) is 9.41. The normalized spacial score (nSPS) is 18.5. The maximum Gasteiger partial charge on any atom is 0.257 e. The molecule has 0 radical (unpaired) electrons. The summed E-state index contributed by atoms with van der Waals surface area (Å²) in [7, 11) is 4.15. The third-order valence-corrected chi connectivity index (χ3v) is 5.76. The van der Waals surface area contributed by atoms with Crippen LogP contribution in [0.4, 0.5) is 28.8 Å². The molecular formula is C24H25N7O3. The van der Waals surface area contributed by atoms with E-state index < -0.39 is 0 Å². The highest BCUT2D eigenvalue weighted by molar-refractivity contribution is 5.68. The average molecular weight is 460 g/mol. The van der Waals surface area contributed by atoms with Crippen LogP contribution >= 0.6 is 0 Å². The van der Waals surface area contributed by atoms with Gasteiger partial charge in [0.15, 0.2) is 5.75 Å². The molecule has 0 saturated heterocycles. The molecule has 0 amide bonds. The summed E-state index contributed by atoms with van der Waals surface area (Å²) >= 11 is 0. The molecule has 2 aromatic heterocycles. The van der Waals surface area contributed by atoms with Crippen molar-refractivity contribution in [2.45, 2.75) is 25.0 Å². The maximum absolute atomic E-state index is 7.56. The minimum absolute atomic E-state index is 0.146. The Morgan fingerprint density at radius 3 is 2.74 bits per heavy atom. The summed E-state index contributed by atoms with van der Waals surface area (Å²) in [5, 5.41) is 6.35. The van der Waals surface area contributed by atoms with E-state index in [4.69, 9.17) is 20.8 Å². The molecule has 3 heterocycles. The first-order valence-corrected chi connectivity index (χ1v) is 11.0. The number of hydrogen-bond acceptors (Lipinski definition) is 9. The van der Waals surface area contributed by atoms with E-state index in [0.717, 1.165) is 18.5 Å². The highest BCUT2D eigenvalue weighted by Crippen LogP contribution is 2.36. The summed E-state index contributed by atoms with van der Waals surface area (Å²) < 4.78 is 17.1. The third kappa shape index (κ3) is 4.79. The number of hydrogen-bond donors (Lipinski definition) is 2. The zero-order chi connectivity index (χ0) is 23.5. The van der Waals surface area contributed by atoms with Gasteiger partial charge in [-0.1, -0.05) is 0 Å². The van der Waals surface area contributed by atoms with Crippen molar-refractivity contribution in [2.75, 3.05) is 37.9 Å². The predicted octanol–water partition coefficient (Wildman–Crippen LogP) is 4.15. The molecule has 0 atom stereocenters. The lowest BCUT2D eigenvalue weighted by Gasteiger charge is -2.39. The van der Waals surface area contributed by atoms with Gasteiger partial charge in [-0.15, -0.1) is 0 Å². The van der Waals surface area contributed by atoms with Crippen molar-refractivity contribution in [3.63, 3.8) is 0 Å². The first kappa shape index (κ1) is 21.7. The van der Waals surface area contributed by atoms with E-state index in [1.165, 1.54) is 0 Å². The van der Waals surface area contributed by atoms with Crippen LogP contribution in [0.1, 0.15) is 12.8 Å². The van der Waals surface area contributed by atoms with E-state index in [9.17, 15) is 0 Å². The number of fused-ring (bicyclic) bond motifs is 1. The molecule has 1 fully saturated rings. The van der Waals surface area contributed by atoms with Gasteiger partial charge in [0.1, 0.15) is 24.8 Å². The fraction of sp³-hybridized carbons (Fsp3) is 0.333. The highest BCUT2D eigenvalue weighted by atomic mass is 16.6. The van der Waals surface area contributed by atoms with Crippen LogP contribution in [0.2, 0.25) is 0 Å². The van der Waals surface area contributed by atoms with Gasteiger partial charge in [0, 0.05) is 24.0 Å². The van der Waals surface area contributed by atoms with Crippen LogP contribution in [0.5, 0.6) is 17.4 Å². The van der Waals surface area contributed by atoms with Crippen molar-refractivity contribution in [2.24, 2.45) is 0 Å². The molecule has 1 aliphatic heterocycles. The minimum atomic E-state index is 0.146. The quantitative estimate of drug-likeness (QED) is 0.505. The zero-order valence-corrected chi connectivity index (χ0v) is 19.0. The van der Waals surface area contributed by atoms with E-state index in [1.54, 1.807) is 24.5 Å². The topological polar surface area (TPSA) is 98.0 Å². The Balaban J connectivity index is 1.25. The summed E-state index contributed by atoms with van der Waals surface area (Å²) in [4.78, 5) is 18.9. The van der Waals surface area contributed by atoms with Gasteiger partial charge in [0.05, 0.1) is 24.6 Å². The number of pyridine rings is 1. The summed E-state index contributed by atoms with van der Waals surface area (Å²) in [6.45, 7) is 8.54. The molecule has 0 spiro atoms. The van der Waals surface area contributed by atoms with Gasteiger partial charge in [0.25, 0.3) is 5.88 Å². The van der Waals surface area contributed by atoms with E-state index >= 15 is 0 Å². The number of aromatic nitrogens is 3. The largest absolute Gasteiger partial charge is 0.501 e. The number of anilines is 4. The molecule has 0 unspecified atom stereocenters. The van der Waals surface area contributed by atoms with Crippen molar-refractivity contribution >= 4 is 28.8 Å². The summed E-state index contributed by atoms with van der Waals surface area (Å²) in [6.07, 6.45) is 5.39. The maximum atomic E-state index is 7.56. The molecule has 2 aliphatic rings. The molecule has 5 rings (SSSR count). The van der Waals surface area contributed by atoms with Crippen LogP contribution in [0, 0.1) is 6.57 Å². The Labute approximate surface area is 197 Å². The SMILES string of the molecule is [C-]#[N+]c1cc(Nc2nccc(Nc3cnc4c(c3)OCCO4)n2)ccc1OC1CC(N(C)C)C1. The lowest BCUT2D eigenvalue weighted by Crippen LogP contribution is -2.46. The Morgan fingerprint density at radius 2 is 1.91 bits per heavy atom. The van der Waals surface area contributed by atoms with Gasteiger partial charge in [-0.25, -0.2) is 14.8 Å². The molecule has 1 saturated carbocycles. The number of benzene rings is 1. The van der Waals surface area contributed by atoms with Crippen molar-refractivity contribution in [3.8, 4) is 17.4 Å². The van der Waals surface area contributed by atoms with Crippen LogP contribution in [0.25, 0.3) is 4.85 Å². The number of rotatable bonds is 7. The minimum Gasteiger partial charge on any atom is -0.501 e. The molecule has 10 heteroatoms. The van der Waals surface area contributed by atoms with Gasteiger partial charge in [-0.3, -0.25) is 0 Å². The molecule has 34 heavy (non-hydrogen) atoms. The van der Waals surface area contributed by atoms with E-state index in [-0.39, 0.29) is 6.10 Å². The average Bonchev–Trinajstić information content (AvgIpc) is 2.81. The second-order valence-corrected chi connectivity index (χ2v) is 8.36.